The van der Waals surface area contributed by atoms with Gasteiger partial charge in [-0.1, -0.05) is 19.9 Å². The highest BCUT2D eigenvalue weighted by molar-refractivity contribution is 6.70. The van der Waals surface area contributed by atoms with E-state index in [-0.39, 0.29) is 5.60 Å². The molecule has 30 heavy (non-hydrogen) atoms. The SMILES string of the molecule is CC12C=CC(O[Si](C)(C)C)=C[C@H]1CCC1C2CCC2(C)C1CC[C@]2(C)O[Si](C)(C)C. The van der Waals surface area contributed by atoms with E-state index in [1.807, 2.05) is 0 Å². The van der Waals surface area contributed by atoms with Crippen molar-refractivity contribution >= 4 is 16.6 Å². The van der Waals surface area contributed by atoms with Gasteiger partial charge < -0.3 is 8.85 Å². The second-order valence-electron chi connectivity index (χ2n) is 13.5. The summed E-state index contributed by atoms with van der Waals surface area (Å²) in [6.45, 7) is 21.6. The summed E-state index contributed by atoms with van der Waals surface area (Å²) in [7, 11) is -3.11. The standard InChI is InChI=1S/C26H46O2Si2/c1-24-15-12-20(27-29(4,5)6)18-19(24)10-11-21-22(24)13-16-25(2)23(21)14-17-26(25,3)28-30(7,8)9/h12,15,18-19,21-23H,10-11,13-14,16-17H2,1-9H3/t19-,21?,22?,23?,24?,25?,26+/m1/s1. The molecule has 3 saturated carbocycles. The van der Waals surface area contributed by atoms with Crippen LogP contribution in [0.4, 0.5) is 0 Å². The van der Waals surface area contributed by atoms with Crippen molar-refractivity contribution in [3.05, 3.63) is 24.0 Å². The normalized spacial score (nSPS) is 46.0. The van der Waals surface area contributed by atoms with Gasteiger partial charge in [-0.05, 0) is 131 Å². The minimum absolute atomic E-state index is 0.0749. The van der Waals surface area contributed by atoms with E-state index in [0.29, 0.717) is 16.7 Å². The first-order valence-electron chi connectivity index (χ1n) is 12.5. The second kappa shape index (κ2) is 7.08. The van der Waals surface area contributed by atoms with Crippen molar-refractivity contribution in [2.75, 3.05) is 0 Å². The Labute approximate surface area is 188 Å². The molecule has 4 aliphatic rings. The zero-order chi connectivity index (χ0) is 22.2. The molecule has 7 atom stereocenters. The monoisotopic (exact) mass is 446 g/mol. The van der Waals surface area contributed by atoms with Crippen LogP contribution >= 0.6 is 0 Å². The van der Waals surface area contributed by atoms with Gasteiger partial charge in [-0.15, -0.1) is 0 Å². The Morgan fingerprint density at radius 3 is 2.13 bits per heavy atom. The Morgan fingerprint density at radius 1 is 0.833 bits per heavy atom. The van der Waals surface area contributed by atoms with E-state index in [1.165, 1.54) is 38.5 Å². The molecule has 0 bridgehead atoms. The van der Waals surface area contributed by atoms with Gasteiger partial charge in [0.2, 0.25) is 8.32 Å². The molecule has 5 unspecified atom stereocenters. The summed E-state index contributed by atoms with van der Waals surface area (Å²) >= 11 is 0. The molecular weight excluding hydrogens is 400 g/mol. The minimum atomic E-state index is -1.56. The van der Waals surface area contributed by atoms with E-state index in [0.717, 1.165) is 23.5 Å². The fourth-order valence-electron chi connectivity index (χ4n) is 7.94. The molecule has 4 heteroatoms. The zero-order valence-electron chi connectivity index (χ0n) is 21.1. The third-order valence-corrected chi connectivity index (χ3v) is 11.2. The fraction of sp³-hybridized carbons (Fsp3) is 0.846. The van der Waals surface area contributed by atoms with Crippen LogP contribution in [0.3, 0.4) is 0 Å². The lowest BCUT2D eigenvalue weighted by atomic mass is 9.46. The van der Waals surface area contributed by atoms with Crippen molar-refractivity contribution in [3.8, 4) is 0 Å². The lowest BCUT2D eigenvalue weighted by Gasteiger charge is -2.60. The smallest absolute Gasteiger partial charge is 0.242 e. The Bertz CT molecular complexity index is 745. The third kappa shape index (κ3) is 3.73. The molecule has 0 N–H and O–H groups in total. The van der Waals surface area contributed by atoms with Crippen LogP contribution in [0.2, 0.25) is 39.3 Å². The van der Waals surface area contributed by atoms with Gasteiger partial charge in [0, 0.05) is 0 Å². The molecule has 0 spiro atoms. The predicted molar refractivity (Wildman–Crippen MR) is 132 cm³/mol. The Balaban J connectivity index is 1.57. The fourth-order valence-corrected chi connectivity index (χ4v) is 10.5. The van der Waals surface area contributed by atoms with Gasteiger partial charge in [0.05, 0.1) is 11.4 Å². The van der Waals surface area contributed by atoms with Gasteiger partial charge >= 0.3 is 0 Å². The van der Waals surface area contributed by atoms with Gasteiger partial charge in [0.1, 0.15) is 0 Å². The van der Waals surface area contributed by atoms with Gasteiger partial charge in [-0.3, -0.25) is 0 Å². The maximum atomic E-state index is 6.93. The van der Waals surface area contributed by atoms with Crippen molar-refractivity contribution in [1.82, 2.24) is 0 Å². The number of fused-ring (bicyclic) bond motifs is 5. The van der Waals surface area contributed by atoms with Crippen molar-refractivity contribution < 1.29 is 8.85 Å². The van der Waals surface area contributed by atoms with E-state index < -0.39 is 16.6 Å². The maximum absolute atomic E-state index is 6.93. The van der Waals surface area contributed by atoms with Crippen LogP contribution in [0.1, 0.15) is 59.3 Å². The van der Waals surface area contributed by atoms with Crippen molar-refractivity contribution in [2.24, 2.45) is 34.5 Å². The minimum Gasteiger partial charge on any atom is -0.545 e. The molecule has 0 amide bonds. The second-order valence-corrected chi connectivity index (χ2v) is 22.3. The Kier molecular flexibility index (Phi) is 5.40. The molecule has 0 radical (unpaired) electrons. The average molecular weight is 447 g/mol. The highest BCUT2D eigenvalue weighted by Gasteiger charge is 2.63. The highest BCUT2D eigenvalue weighted by atomic mass is 28.4. The first-order valence-corrected chi connectivity index (χ1v) is 19.3. The summed E-state index contributed by atoms with van der Waals surface area (Å²) in [6, 6.07) is 0. The molecule has 0 aliphatic heterocycles. The van der Waals surface area contributed by atoms with Crippen molar-refractivity contribution in [3.63, 3.8) is 0 Å². The maximum Gasteiger partial charge on any atom is 0.242 e. The summed E-state index contributed by atoms with van der Waals surface area (Å²) in [5, 5.41) is 0. The molecule has 4 rings (SSSR count). The van der Waals surface area contributed by atoms with Crippen LogP contribution in [-0.2, 0) is 8.85 Å². The van der Waals surface area contributed by atoms with E-state index >= 15 is 0 Å². The lowest BCUT2D eigenvalue weighted by molar-refractivity contribution is -0.117. The first kappa shape index (κ1) is 22.9. The van der Waals surface area contributed by atoms with Gasteiger partial charge in [0.25, 0.3) is 0 Å². The van der Waals surface area contributed by atoms with Crippen LogP contribution < -0.4 is 0 Å². The number of allylic oxidation sites excluding steroid dienone is 3. The third-order valence-electron chi connectivity index (χ3n) is 9.30. The zero-order valence-corrected chi connectivity index (χ0v) is 23.1. The molecule has 170 valence electrons. The van der Waals surface area contributed by atoms with Crippen LogP contribution in [0.25, 0.3) is 0 Å². The molecular formula is C26H46O2Si2. The molecule has 2 nitrogen and oxygen atoms in total. The van der Waals surface area contributed by atoms with Gasteiger partial charge in [0.15, 0.2) is 8.32 Å². The highest BCUT2D eigenvalue weighted by Crippen LogP contribution is 2.68. The van der Waals surface area contributed by atoms with Crippen LogP contribution in [-0.4, -0.2) is 22.2 Å². The molecule has 0 saturated heterocycles. The van der Waals surface area contributed by atoms with Gasteiger partial charge in [-0.25, -0.2) is 0 Å². The first-order chi connectivity index (χ1) is 13.7. The predicted octanol–water partition coefficient (Wildman–Crippen LogP) is 7.76. The van der Waals surface area contributed by atoms with Crippen LogP contribution in [0.15, 0.2) is 24.0 Å². The molecule has 0 aromatic heterocycles. The lowest BCUT2D eigenvalue weighted by Crippen LogP contribution is -2.57. The Morgan fingerprint density at radius 2 is 1.50 bits per heavy atom. The molecule has 0 heterocycles. The summed E-state index contributed by atoms with van der Waals surface area (Å²) in [5.41, 5.74) is 0.721. The molecule has 4 aliphatic carbocycles. The van der Waals surface area contributed by atoms with E-state index in [2.05, 4.69) is 78.3 Å². The molecule has 0 aromatic carbocycles. The summed E-state index contributed by atoms with van der Waals surface area (Å²) in [6.07, 6.45) is 15.4. The van der Waals surface area contributed by atoms with E-state index in [1.54, 1.807) is 0 Å². The largest absolute Gasteiger partial charge is 0.545 e. The van der Waals surface area contributed by atoms with E-state index in [9.17, 15) is 0 Å². The summed E-state index contributed by atoms with van der Waals surface area (Å²) in [4.78, 5) is 0. The molecule has 0 aromatic rings. The molecule has 3 fully saturated rings. The number of rotatable bonds is 4. The summed E-state index contributed by atoms with van der Waals surface area (Å²) in [5.74, 6) is 4.28. The number of hydrogen-bond donors (Lipinski definition) is 0. The topological polar surface area (TPSA) is 18.5 Å². The van der Waals surface area contributed by atoms with Crippen LogP contribution in [0.5, 0.6) is 0 Å². The summed E-state index contributed by atoms with van der Waals surface area (Å²) < 4.78 is 13.3. The van der Waals surface area contributed by atoms with Crippen LogP contribution in [0, 0.1) is 34.5 Å². The van der Waals surface area contributed by atoms with E-state index in [4.69, 9.17) is 8.85 Å². The quantitative estimate of drug-likeness (QED) is 0.411. The average Bonchev–Trinajstić information content (AvgIpc) is 2.83. The number of hydrogen-bond acceptors (Lipinski definition) is 2. The van der Waals surface area contributed by atoms with Gasteiger partial charge in [-0.2, -0.15) is 0 Å². The van der Waals surface area contributed by atoms with Crippen molar-refractivity contribution in [2.45, 2.75) is 104 Å². The Hall–Kier alpha value is -0.326. The van der Waals surface area contributed by atoms with Crippen molar-refractivity contribution in [1.29, 1.82) is 0 Å².